The lowest BCUT2D eigenvalue weighted by Gasteiger charge is -2.32. The van der Waals surface area contributed by atoms with Gasteiger partial charge in [-0.15, -0.1) is 0 Å². The molecule has 92 valence electrons. The van der Waals surface area contributed by atoms with Gasteiger partial charge in [-0.25, -0.2) is 9.97 Å². The van der Waals surface area contributed by atoms with E-state index < -0.39 is 5.97 Å². The first-order valence-electron chi connectivity index (χ1n) is 5.84. The number of piperidine rings is 1. The first-order valence-corrected chi connectivity index (χ1v) is 5.84. The third kappa shape index (κ3) is 2.72. The molecular formula is C12H16N3O2-. The van der Waals surface area contributed by atoms with Gasteiger partial charge in [0.05, 0.1) is 0 Å². The fourth-order valence-electron chi connectivity index (χ4n) is 2.16. The Bertz CT molecular complexity index is 406. The van der Waals surface area contributed by atoms with E-state index in [1.54, 1.807) is 0 Å². The van der Waals surface area contributed by atoms with Crippen LogP contribution in [-0.4, -0.2) is 29.0 Å². The van der Waals surface area contributed by atoms with Crippen molar-refractivity contribution in [3.8, 4) is 0 Å². The standard InChI is InChI=1S/C12H17N3O2/c1-8-7-9(2)14-12(13-8)15-5-3-10(4-6-15)11(16)17/h7,10H,3-6H2,1-2H3,(H,16,17)/p-1. The van der Waals surface area contributed by atoms with Crippen molar-refractivity contribution < 1.29 is 9.90 Å². The molecular weight excluding hydrogens is 218 g/mol. The number of hydrogen-bond acceptors (Lipinski definition) is 5. The molecule has 1 aromatic rings. The largest absolute Gasteiger partial charge is 0.550 e. The molecule has 0 aromatic carbocycles. The highest BCUT2D eigenvalue weighted by Crippen LogP contribution is 2.20. The van der Waals surface area contributed by atoms with Crippen LogP contribution < -0.4 is 10.0 Å². The van der Waals surface area contributed by atoms with Gasteiger partial charge in [-0.1, -0.05) is 0 Å². The molecule has 1 aliphatic rings. The maximum atomic E-state index is 10.7. The maximum absolute atomic E-state index is 10.7. The quantitative estimate of drug-likeness (QED) is 0.723. The zero-order valence-corrected chi connectivity index (χ0v) is 10.1. The van der Waals surface area contributed by atoms with Crippen LogP contribution in [0, 0.1) is 19.8 Å². The summed E-state index contributed by atoms with van der Waals surface area (Å²) in [6.45, 7) is 5.24. The zero-order valence-electron chi connectivity index (χ0n) is 10.1. The monoisotopic (exact) mass is 234 g/mol. The van der Waals surface area contributed by atoms with Crippen LogP contribution in [-0.2, 0) is 4.79 Å². The van der Waals surface area contributed by atoms with Gasteiger partial charge < -0.3 is 14.8 Å². The summed E-state index contributed by atoms with van der Waals surface area (Å²) >= 11 is 0. The average molecular weight is 234 g/mol. The minimum atomic E-state index is -0.939. The number of carbonyl (C=O) groups excluding carboxylic acids is 1. The summed E-state index contributed by atoms with van der Waals surface area (Å²) in [7, 11) is 0. The molecule has 0 N–H and O–H groups in total. The van der Waals surface area contributed by atoms with Crippen molar-refractivity contribution in [3.63, 3.8) is 0 Å². The number of carboxylic acid groups (broad SMARTS) is 1. The second kappa shape index (κ2) is 4.69. The van der Waals surface area contributed by atoms with Crippen molar-refractivity contribution in [1.82, 2.24) is 9.97 Å². The van der Waals surface area contributed by atoms with E-state index in [0.29, 0.717) is 31.9 Å². The number of carboxylic acids is 1. The molecule has 0 atom stereocenters. The molecule has 5 heteroatoms. The van der Waals surface area contributed by atoms with Crippen LogP contribution in [0.3, 0.4) is 0 Å². The summed E-state index contributed by atoms with van der Waals surface area (Å²) in [6.07, 6.45) is 1.22. The van der Waals surface area contributed by atoms with Crippen LogP contribution in [0.2, 0.25) is 0 Å². The molecule has 0 saturated carbocycles. The molecule has 5 nitrogen and oxygen atoms in total. The second-order valence-electron chi connectivity index (χ2n) is 4.53. The van der Waals surface area contributed by atoms with Gasteiger partial charge >= 0.3 is 0 Å². The third-order valence-electron chi connectivity index (χ3n) is 3.08. The zero-order chi connectivity index (χ0) is 12.4. The first-order chi connectivity index (χ1) is 8.06. The molecule has 0 bridgehead atoms. The molecule has 0 unspecified atom stereocenters. The third-order valence-corrected chi connectivity index (χ3v) is 3.08. The number of aryl methyl sites for hydroxylation is 2. The Hall–Kier alpha value is -1.65. The summed E-state index contributed by atoms with van der Waals surface area (Å²) in [5, 5.41) is 10.7. The lowest BCUT2D eigenvalue weighted by atomic mass is 9.97. The highest BCUT2D eigenvalue weighted by molar-refractivity contribution is 5.68. The second-order valence-corrected chi connectivity index (χ2v) is 4.53. The van der Waals surface area contributed by atoms with Crippen LogP contribution in [0.25, 0.3) is 0 Å². The summed E-state index contributed by atoms with van der Waals surface area (Å²) in [4.78, 5) is 21.5. The van der Waals surface area contributed by atoms with Crippen LogP contribution in [0.15, 0.2) is 6.07 Å². The predicted molar refractivity (Wildman–Crippen MR) is 61.5 cm³/mol. The maximum Gasteiger partial charge on any atom is 0.225 e. The van der Waals surface area contributed by atoms with Crippen molar-refractivity contribution in [2.75, 3.05) is 18.0 Å². The smallest absolute Gasteiger partial charge is 0.225 e. The van der Waals surface area contributed by atoms with Crippen molar-refractivity contribution in [3.05, 3.63) is 17.5 Å². The van der Waals surface area contributed by atoms with Gasteiger partial charge in [-0.3, -0.25) is 0 Å². The van der Waals surface area contributed by atoms with E-state index in [-0.39, 0.29) is 5.92 Å². The van der Waals surface area contributed by atoms with Gasteiger partial charge in [0.15, 0.2) is 0 Å². The molecule has 1 saturated heterocycles. The lowest BCUT2D eigenvalue weighted by Crippen LogP contribution is -2.41. The number of hydrogen-bond donors (Lipinski definition) is 0. The molecule has 2 heterocycles. The van der Waals surface area contributed by atoms with E-state index in [1.807, 2.05) is 24.8 Å². The Morgan fingerprint density at radius 1 is 1.29 bits per heavy atom. The van der Waals surface area contributed by atoms with Gasteiger partial charge in [0, 0.05) is 36.4 Å². The van der Waals surface area contributed by atoms with E-state index in [2.05, 4.69) is 9.97 Å². The van der Waals surface area contributed by atoms with Crippen LogP contribution in [0.4, 0.5) is 5.95 Å². The SMILES string of the molecule is Cc1cc(C)nc(N2CCC(C(=O)[O-])CC2)n1. The fourth-order valence-corrected chi connectivity index (χ4v) is 2.16. The molecule has 17 heavy (non-hydrogen) atoms. The minimum Gasteiger partial charge on any atom is -0.550 e. The van der Waals surface area contributed by atoms with Gasteiger partial charge in [-0.05, 0) is 32.8 Å². The van der Waals surface area contributed by atoms with E-state index in [1.165, 1.54) is 0 Å². The van der Waals surface area contributed by atoms with Gasteiger partial charge in [-0.2, -0.15) is 0 Å². The van der Waals surface area contributed by atoms with Gasteiger partial charge in [0.25, 0.3) is 0 Å². The van der Waals surface area contributed by atoms with Crippen molar-refractivity contribution in [1.29, 1.82) is 0 Å². The Morgan fingerprint density at radius 2 is 1.82 bits per heavy atom. The molecule has 1 fully saturated rings. The van der Waals surface area contributed by atoms with E-state index in [0.717, 1.165) is 11.4 Å². The minimum absolute atomic E-state index is 0.322. The highest BCUT2D eigenvalue weighted by Gasteiger charge is 2.21. The van der Waals surface area contributed by atoms with E-state index in [4.69, 9.17) is 0 Å². The Morgan fingerprint density at radius 3 is 2.29 bits per heavy atom. The summed E-state index contributed by atoms with van der Waals surface area (Å²) in [6, 6.07) is 1.93. The molecule has 1 aromatic heterocycles. The average Bonchev–Trinajstić information content (AvgIpc) is 2.28. The molecule has 0 amide bonds. The highest BCUT2D eigenvalue weighted by atomic mass is 16.4. The molecule has 0 aliphatic carbocycles. The van der Waals surface area contributed by atoms with E-state index in [9.17, 15) is 9.90 Å². The van der Waals surface area contributed by atoms with E-state index >= 15 is 0 Å². The predicted octanol–water partition coefficient (Wildman–Crippen LogP) is 0.0597. The number of aromatic nitrogens is 2. The Kier molecular flexibility index (Phi) is 3.26. The Balaban J connectivity index is 2.07. The normalized spacial score (nSPS) is 17.2. The molecule has 1 aliphatic heterocycles. The van der Waals surface area contributed by atoms with Gasteiger partial charge in [0.2, 0.25) is 5.95 Å². The number of anilines is 1. The summed E-state index contributed by atoms with van der Waals surface area (Å²) in [5.74, 6) is -0.553. The van der Waals surface area contributed by atoms with Gasteiger partial charge in [0.1, 0.15) is 0 Å². The summed E-state index contributed by atoms with van der Waals surface area (Å²) < 4.78 is 0. The molecule has 0 radical (unpaired) electrons. The summed E-state index contributed by atoms with van der Waals surface area (Å²) in [5.41, 5.74) is 1.88. The number of nitrogens with zero attached hydrogens (tertiary/aromatic N) is 3. The van der Waals surface area contributed by atoms with Crippen molar-refractivity contribution >= 4 is 11.9 Å². The number of rotatable bonds is 2. The van der Waals surface area contributed by atoms with Crippen molar-refractivity contribution in [2.45, 2.75) is 26.7 Å². The number of carbonyl (C=O) groups is 1. The molecule has 0 spiro atoms. The number of aliphatic carboxylic acids is 1. The lowest BCUT2D eigenvalue weighted by molar-refractivity contribution is -0.312. The fraction of sp³-hybridized carbons (Fsp3) is 0.583. The first kappa shape index (κ1) is 11.8. The molecule has 2 rings (SSSR count). The topological polar surface area (TPSA) is 69.2 Å². The van der Waals surface area contributed by atoms with Crippen LogP contribution >= 0.6 is 0 Å². The Labute approximate surface area is 100 Å². The van der Waals surface area contributed by atoms with Crippen molar-refractivity contribution in [2.24, 2.45) is 5.92 Å². The van der Waals surface area contributed by atoms with Crippen LogP contribution in [0.5, 0.6) is 0 Å². The van der Waals surface area contributed by atoms with Crippen LogP contribution in [0.1, 0.15) is 24.2 Å².